The Morgan fingerprint density at radius 3 is 2.72 bits per heavy atom. The van der Waals surface area contributed by atoms with Gasteiger partial charge in [-0.1, -0.05) is 13.3 Å². The van der Waals surface area contributed by atoms with E-state index in [4.69, 9.17) is 5.11 Å². The van der Waals surface area contributed by atoms with Crippen molar-refractivity contribution in [1.29, 1.82) is 0 Å². The van der Waals surface area contributed by atoms with E-state index in [-0.39, 0.29) is 17.3 Å². The Kier molecular flexibility index (Phi) is 4.65. The first-order valence-electron chi connectivity index (χ1n) is 5.74. The van der Waals surface area contributed by atoms with Crippen molar-refractivity contribution in [3.8, 4) is 0 Å². The van der Waals surface area contributed by atoms with Gasteiger partial charge in [-0.3, -0.25) is 10.1 Å². The molecular weight excluding hydrogens is 236 g/mol. The van der Waals surface area contributed by atoms with Crippen LogP contribution in [0.2, 0.25) is 0 Å². The Balaban J connectivity index is 3.04. The van der Waals surface area contributed by atoms with Crippen molar-refractivity contribution in [2.75, 3.05) is 5.32 Å². The predicted octanol–water partition coefficient (Wildman–Crippen LogP) is 2.89. The molecule has 0 radical (unpaired) electrons. The predicted molar refractivity (Wildman–Crippen MR) is 68.0 cm³/mol. The number of anilines is 1. The van der Waals surface area contributed by atoms with Crippen LogP contribution in [0.3, 0.4) is 0 Å². The van der Waals surface area contributed by atoms with Gasteiger partial charge in [0.25, 0.3) is 5.69 Å². The van der Waals surface area contributed by atoms with E-state index in [9.17, 15) is 14.9 Å². The van der Waals surface area contributed by atoms with Crippen molar-refractivity contribution in [2.24, 2.45) is 0 Å². The minimum Gasteiger partial charge on any atom is -0.478 e. The number of nitro benzene ring substituents is 1. The molecule has 0 aliphatic rings. The number of carboxylic acids is 1. The van der Waals surface area contributed by atoms with Crippen molar-refractivity contribution < 1.29 is 14.8 Å². The molecule has 1 aromatic rings. The molecular formula is C12H16N2O4. The van der Waals surface area contributed by atoms with Crippen LogP contribution < -0.4 is 5.32 Å². The molecule has 6 nitrogen and oxygen atoms in total. The fourth-order valence-corrected chi connectivity index (χ4v) is 1.71. The van der Waals surface area contributed by atoms with Gasteiger partial charge in [-0.25, -0.2) is 4.79 Å². The molecule has 1 unspecified atom stereocenters. The first-order valence-corrected chi connectivity index (χ1v) is 5.74. The zero-order valence-electron chi connectivity index (χ0n) is 10.3. The number of carbonyl (C=O) groups is 1. The molecule has 0 spiro atoms. The molecule has 1 rings (SSSR count). The monoisotopic (exact) mass is 252 g/mol. The minimum atomic E-state index is -1.17. The molecule has 0 amide bonds. The summed E-state index contributed by atoms with van der Waals surface area (Å²) in [6, 6.07) is 3.97. The molecule has 1 atom stereocenters. The maximum atomic E-state index is 10.9. The van der Waals surface area contributed by atoms with E-state index in [1.165, 1.54) is 12.1 Å². The normalized spacial score (nSPS) is 11.9. The third-order valence-electron chi connectivity index (χ3n) is 2.56. The summed E-state index contributed by atoms with van der Waals surface area (Å²) in [6.07, 6.45) is 1.85. The quantitative estimate of drug-likeness (QED) is 0.599. The van der Waals surface area contributed by atoms with Gasteiger partial charge in [-0.05, 0) is 25.5 Å². The minimum absolute atomic E-state index is 0.0876. The topological polar surface area (TPSA) is 92.5 Å². The number of carboxylic acid groups (broad SMARTS) is 1. The van der Waals surface area contributed by atoms with Gasteiger partial charge in [0.2, 0.25) is 0 Å². The van der Waals surface area contributed by atoms with Gasteiger partial charge in [-0.15, -0.1) is 0 Å². The molecule has 0 saturated heterocycles. The van der Waals surface area contributed by atoms with Crippen molar-refractivity contribution in [3.05, 3.63) is 33.9 Å². The van der Waals surface area contributed by atoms with Gasteiger partial charge >= 0.3 is 5.97 Å². The Bertz CT molecular complexity index is 459. The summed E-state index contributed by atoms with van der Waals surface area (Å²) in [4.78, 5) is 21.1. The zero-order valence-corrected chi connectivity index (χ0v) is 10.3. The lowest BCUT2D eigenvalue weighted by atomic mass is 10.1. The van der Waals surface area contributed by atoms with Crippen LogP contribution in [0.5, 0.6) is 0 Å². The number of hydrogen-bond donors (Lipinski definition) is 2. The van der Waals surface area contributed by atoms with E-state index in [0.29, 0.717) is 5.69 Å². The summed E-state index contributed by atoms with van der Waals surface area (Å²) < 4.78 is 0. The summed E-state index contributed by atoms with van der Waals surface area (Å²) in [5, 5.41) is 22.7. The molecule has 2 N–H and O–H groups in total. The summed E-state index contributed by atoms with van der Waals surface area (Å²) in [5.74, 6) is -1.17. The maximum Gasteiger partial charge on any atom is 0.335 e. The summed E-state index contributed by atoms with van der Waals surface area (Å²) in [5.41, 5.74) is 0.0548. The molecule has 0 aromatic heterocycles. The van der Waals surface area contributed by atoms with Crippen LogP contribution in [0.1, 0.15) is 37.0 Å². The standard InChI is InChI=1S/C12H16N2O4/c1-3-4-8(2)13-10-6-5-9(12(15)16)7-11(10)14(17)18/h5-8,13H,3-4H2,1-2H3,(H,15,16). The number of aromatic carboxylic acids is 1. The van der Waals surface area contributed by atoms with Gasteiger partial charge in [0.05, 0.1) is 10.5 Å². The molecule has 1 aromatic carbocycles. The molecule has 98 valence electrons. The van der Waals surface area contributed by atoms with E-state index < -0.39 is 10.9 Å². The van der Waals surface area contributed by atoms with Gasteiger partial charge in [0.1, 0.15) is 5.69 Å². The van der Waals surface area contributed by atoms with Crippen LogP contribution in [0, 0.1) is 10.1 Å². The zero-order chi connectivity index (χ0) is 13.7. The number of benzene rings is 1. The van der Waals surface area contributed by atoms with Crippen molar-refractivity contribution >= 4 is 17.3 Å². The van der Waals surface area contributed by atoms with Crippen LogP contribution in [0.25, 0.3) is 0 Å². The molecule has 0 saturated carbocycles. The third kappa shape index (κ3) is 3.44. The second kappa shape index (κ2) is 6.00. The lowest BCUT2D eigenvalue weighted by Crippen LogP contribution is -2.15. The highest BCUT2D eigenvalue weighted by Crippen LogP contribution is 2.26. The van der Waals surface area contributed by atoms with Crippen LogP contribution in [-0.2, 0) is 0 Å². The van der Waals surface area contributed by atoms with Crippen molar-refractivity contribution in [3.63, 3.8) is 0 Å². The fourth-order valence-electron chi connectivity index (χ4n) is 1.71. The van der Waals surface area contributed by atoms with Crippen LogP contribution in [0.15, 0.2) is 18.2 Å². The van der Waals surface area contributed by atoms with Gasteiger partial charge in [-0.2, -0.15) is 0 Å². The summed E-state index contributed by atoms with van der Waals surface area (Å²) in [6.45, 7) is 3.96. The number of nitrogens with one attached hydrogen (secondary N) is 1. The number of nitrogens with zero attached hydrogens (tertiary/aromatic N) is 1. The highest BCUT2D eigenvalue weighted by Gasteiger charge is 2.18. The van der Waals surface area contributed by atoms with E-state index in [1.807, 2.05) is 13.8 Å². The SMILES string of the molecule is CCCC(C)Nc1ccc(C(=O)O)cc1[N+](=O)[O-]. The third-order valence-corrected chi connectivity index (χ3v) is 2.56. The fraction of sp³-hybridized carbons (Fsp3) is 0.417. The Hall–Kier alpha value is -2.11. The van der Waals surface area contributed by atoms with Crippen molar-refractivity contribution in [1.82, 2.24) is 0 Å². The molecule has 0 aliphatic carbocycles. The smallest absolute Gasteiger partial charge is 0.335 e. The van der Waals surface area contributed by atoms with E-state index >= 15 is 0 Å². The second-order valence-electron chi connectivity index (χ2n) is 4.13. The van der Waals surface area contributed by atoms with Crippen LogP contribution in [0.4, 0.5) is 11.4 Å². The Morgan fingerprint density at radius 2 is 2.22 bits per heavy atom. The van der Waals surface area contributed by atoms with Crippen LogP contribution >= 0.6 is 0 Å². The first kappa shape index (κ1) is 14.0. The van der Waals surface area contributed by atoms with Gasteiger partial charge in [0.15, 0.2) is 0 Å². The van der Waals surface area contributed by atoms with E-state index in [1.54, 1.807) is 0 Å². The molecule has 6 heteroatoms. The highest BCUT2D eigenvalue weighted by molar-refractivity contribution is 5.89. The van der Waals surface area contributed by atoms with E-state index in [2.05, 4.69) is 5.32 Å². The molecule has 0 bridgehead atoms. The largest absolute Gasteiger partial charge is 0.478 e. The second-order valence-corrected chi connectivity index (χ2v) is 4.13. The lowest BCUT2D eigenvalue weighted by Gasteiger charge is -2.14. The molecule has 0 aliphatic heterocycles. The molecule has 18 heavy (non-hydrogen) atoms. The average molecular weight is 252 g/mol. The summed E-state index contributed by atoms with van der Waals surface area (Å²) >= 11 is 0. The van der Waals surface area contributed by atoms with Crippen LogP contribution in [-0.4, -0.2) is 22.0 Å². The molecule has 0 fully saturated rings. The Labute approximate surface area is 105 Å². The summed E-state index contributed by atoms with van der Waals surface area (Å²) in [7, 11) is 0. The lowest BCUT2D eigenvalue weighted by molar-refractivity contribution is -0.384. The molecule has 0 heterocycles. The average Bonchev–Trinajstić information content (AvgIpc) is 2.29. The maximum absolute atomic E-state index is 10.9. The number of nitro groups is 1. The first-order chi connectivity index (χ1) is 8.45. The number of hydrogen-bond acceptors (Lipinski definition) is 4. The number of rotatable bonds is 6. The van der Waals surface area contributed by atoms with Crippen molar-refractivity contribution in [2.45, 2.75) is 32.7 Å². The van der Waals surface area contributed by atoms with Gasteiger partial charge in [0, 0.05) is 12.1 Å². The van der Waals surface area contributed by atoms with Gasteiger partial charge < -0.3 is 10.4 Å². The highest BCUT2D eigenvalue weighted by atomic mass is 16.6. The Morgan fingerprint density at radius 1 is 1.56 bits per heavy atom. The van der Waals surface area contributed by atoms with E-state index in [0.717, 1.165) is 18.9 Å².